The van der Waals surface area contributed by atoms with Crippen molar-refractivity contribution < 1.29 is 4.79 Å². The zero-order chi connectivity index (χ0) is 24.9. The van der Waals surface area contributed by atoms with E-state index in [1.54, 1.807) is 17.8 Å². The monoisotopic (exact) mass is 476 g/mol. The van der Waals surface area contributed by atoms with Gasteiger partial charge in [0.15, 0.2) is 0 Å². The van der Waals surface area contributed by atoms with Crippen molar-refractivity contribution in [2.45, 2.75) is 38.9 Å². The molecule has 5 rings (SSSR count). The second-order valence-corrected chi connectivity index (χ2v) is 8.93. The standard InChI is InChI=1S/C24H28N8O3/c1-3-31-20-19(18(21(26)33)22(31)30-10-6-8-15(25)12-30)29(2)24(35)32(23(20)34)13-17-27-11-14-7-4-5-9-16(14)28-17/h4-5,7,9,11,15H,3,6,8,10,12-13,25H2,1-2H3,(H2,26,33)/t15-/m1/s1. The number of hydrogen-bond acceptors (Lipinski definition) is 7. The molecule has 182 valence electrons. The van der Waals surface area contributed by atoms with Gasteiger partial charge in [0.1, 0.15) is 22.7 Å². The van der Waals surface area contributed by atoms with E-state index in [0.29, 0.717) is 31.3 Å². The van der Waals surface area contributed by atoms with E-state index in [1.807, 2.05) is 36.1 Å². The van der Waals surface area contributed by atoms with E-state index in [2.05, 4.69) is 9.97 Å². The van der Waals surface area contributed by atoms with Crippen LogP contribution in [0.25, 0.3) is 21.9 Å². The van der Waals surface area contributed by atoms with Crippen LogP contribution in [0.3, 0.4) is 0 Å². The van der Waals surface area contributed by atoms with E-state index in [0.717, 1.165) is 28.3 Å². The zero-order valence-electron chi connectivity index (χ0n) is 19.8. The van der Waals surface area contributed by atoms with Crippen molar-refractivity contribution in [2.75, 3.05) is 18.0 Å². The van der Waals surface area contributed by atoms with E-state index >= 15 is 0 Å². The molecule has 4 N–H and O–H groups in total. The molecule has 3 aromatic heterocycles. The predicted molar refractivity (Wildman–Crippen MR) is 134 cm³/mol. The van der Waals surface area contributed by atoms with Crippen molar-refractivity contribution >= 4 is 33.7 Å². The van der Waals surface area contributed by atoms with Gasteiger partial charge in [-0.15, -0.1) is 0 Å². The molecule has 0 saturated carbocycles. The number of hydrogen-bond donors (Lipinski definition) is 2. The van der Waals surface area contributed by atoms with Crippen LogP contribution in [0.2, 0.25) is 0 Å². The van der Waals surface area contributed by atoms with Crippen LogP contribution in [0.15, 0.2) is 40.1 Å². The van der Waals surface area contributed by atoms with Crippen molar-refractivity contribution in [2.24, 2.45) is 18.5 Å². The first-order chi connectivity index (χ1) is 16.8. The van der Waals surface area contributed by atoms with Gasteiger partial charge >= 0.3 is 5.69 Å². The van der Waals surface area contributed by atoms with E-state index < -0.39 is 17.2 Å². The average molecular weight is 477 g/mol. The highest BCUT2D eigenvalue weighted by Gasteiger charge is 2.31. The molecule has 1 fully saturated rings. The van der Waals surface area contributed by atoms with Crippen LogP contribution < -0.4 is 27.6 Å². The summed E-state index contributed by atoms with van der Waals surface area (Å²) in [6.45, 7) is 3.40. The van der Waals surface area contributed by atoms with E-state index in [9.17, 15) is 14.4 Å². The molecule has 35 heavy (non-hydrogen) atoms. The number of piperidine rings is 1. The van der Waals surface area contributed by atoms with Crippen molar-refractivity contribution in [3.63, 3.8) is 0 Å². The van der Waals surface area contributed by atoms with Crippen LogP contribution in [0.5, 0.6) is 0 Å². The Morgan fingerprint density at radius 2 is 1.94 bits per heavy atom. The quantitative estimate of drug-likeness (QED) is 0.427. The molecule has 1 saturated heterocycles. The zero-order valence-corrected chi connectivity index (χ0v) is 19.8. The lowest BCUT2D eigenvalue weighted by atomic mass is 10.1. The third-order valence-electron chi connectivity index (χ3n) is 6.67. The average Bonchev–Trinajstić information content (AvgIpc) is 3.21. The molecule has 1 atom stereocenters. The van der Waals surface area contributed by atoms with E-state index in [-0.39, 0.29) is 29.2 Å². The fraction of sp³-hybridized carbons (Fsp3) is 0.375. The Hall–Kier alpha value is -3.99. The normalized spacial score (nSPS) is 16.3. The highest BCUT2D eigenvalue weighted by atomic mass is 16.2. The lowest BCUT2D eigenvalue weighted by molar-refractivity contribution is 0.100. The van der Waals surface area contributed by atoms with Gasteiger partial charge in [0, 0.05) is 44.3 Å². The predicted octanol–water partition coefficient (Wildman–Crippen LogP) is 0.540. The van der Waals surface area contributed by atoms with Crippen LogP contribution in [0.1, 0.15) is 35.9 Å². The number of amides is 1. The van der Waals surface area contributed by atoms with Gasteiger partial charge in [-0.1, -0.05) is 18.2 Å². The Bertz CT molecular complexity index is 1580. The van der Waals surface area contributed by atoms with Gasteiger partial charge in [-0.3, -0.25) is 18.7 Å². The minimum atomic E-state index is -0.693. The number of benzene rings is 1. The summed E-state index contributed by atoms with van der Waals surface area (Å²) in [4.78, 5) is 50.7. The molecule has 1 amide bonds. The Kier molecular flexibility index (Phi) is 5.64. The number of aromatic nitrogens is 5. The largest absolute Gasteiger partial charge is 0.365 e. The second-order valence-electron chi connectivity index (χ2n) is 8.93. The number of nitrogens with two attached hydrogens (primary N) is 2. The third kappa shape index (κ3) is 3.68. The molecular weight excluding hydrogens is 448 g/mol. The number of primary amides is 1. The van der Waals surface area contributed by atoms with Gasteiger partial charge in [0.05, 0.1) is 17.6 Å². The van der Waals surface area contributed by atoms with E-state index in [1.165, 1.54) is 4.57 Å². The molecule has 0 aliphatic carbocycles. The van der Waals surface area contributed by atoms with E-state index in [4.69, 9.17) is 11.5 Å². The summed E-state index contributed by atoms with van der Waals surface area (Å²) < 4.78 is 4.19. The first-order valence-electron chi connectivity index (χ1n) is 11.7. The summed E-state index contributed by atoms with van der Waals surface area (Å²) in [6, 6.07) is 7.44. The number of carbonyl (C=O) groups is 1. The number of aryl methyl sites for hydroxylation is 2. The van der Waals surface area contributed by atoms with Crippen molar-refractivity contribution in [1.29, 1.82) is 0 Å². The molecule has 1 aliphatic heterocycles. The summed E-state index contributed by atoms with van der Waals surface area (Å²) in [5.41, 5.74) is 12.3. The number of rotatable bonds is 5. The fourth-order valence-corrected chi connectivity index (χ4v) is 5.06. The highest BCUT2D eigenvalue weighted by Crippen LogP contribution is 2.32. The smallest absolute Gasteiger partial charge is 0.331 e. The molecule has 11 heteroatoms. The molecule has 0 spiro atoms. The van der Waals surface area contributed by atoms with Gasteiger partial charge in [-0.25, -0.2) is 14.8 Å². The first kappa shape index (κ1) is 22.8. The lowest BCUT2D eigenvalue weighted by Gasteiger charge is -2.33. The van der Waals surface area contributed by atoms with Crippen LogP contribution in [0.4, 0.5) is 5.82 Å². The minimum Gasteiger partial charge on any atom is -0.365 e. The van der Waals surface area contributed by atoms with Crippen molar-refractivity contribution in [3.8, 4) is 0 Å². The Morgan fingerprint density at radius 1 is 1.17 bits per heavy atom. The van der Waals surface area contributed by atoms with Crippen LogP contribution >= 0.6 is 0 Å². The maximum atomic E-state index is 13.8. The summed E-state index contributed by atoms with van der Waals surface area (Å²) in [5, 5.41) is 0.863. The van der Waals surface area contributed by atoms with Crippen LogP contribution in [-0.4, -0.2) is 48.7 Å². The molecule has 1 aromatic carbocycles. The topological polar surface area (TPSA) is 147 Å². The summed E-state index contributed by atoms with van der Waals surface area (Å²) in [7, 11) is 1.54. The number of anilines is 1. The molecule has 0 unspecified atom stereocenters. The Labute approximate surface area is 200 Å². The molecule has 0 radical (unpaired) electrons. The number of carbonyl (C=O) groups excluding carboxylic acids is 1. The highest BCUT2D eigenvalue weighted by molar-refractivity contribution is 6.10. The molecule has 11 nitrogen and oxygen atoms in total. The van der Waals surface area contributed by atoms with Gasteiger partial charge in [0.2, 0.25) is 0 Å². The van der Waals surface area contributed by atoms with Crippen molar-refractivity contribution in [1.82, 2.24) is 23.7 Å². The van der Waals surface area contributed by atoms with Gasteiger partial charge < -0.3 is 20.9 Å². The van der Waals surface area contributed by atoms with Gasteiger partial charge in [-0.05, 0) is 25.8 Å². The van der Waals surface area contributed by atoms with Gasteiger partial charge in [0.25, 0.3) is 11.5 Å². The number of nitrogens with zero attached hydrogens (tertiary/aromatic N) is 6. The Balaban J connectivity index is 1.75. The summed E-state index contributed by atoms with van der Waals surface area (Å²) in [6.07, 6.45) is 3.40. The molecular formula is C24H28N8O3. The number of fused-ring (bicyclic) bond motifs is 2. The van der Waals surface area contributed by atoms with Crippen molar-refractivity contribution in [3.05, 3.63) is 62.7 Å². The maximum Gasteiger partial charge on any atom is 0.331 e. The minimum absolute atomic E-state index is 0.0571. The molecule has 0 bridgehead atoms. The van der Waals surface area contributed by atoms with Crippen LogP contribution in [0, 0.1) is 0 Å². The molecule has 1 aliphatic rings. The fourth-order valence-electron chi connectivity index (χ4n) is 5.06. The number of para-hydroxylation sites is 1. The third-order valence-corrected chi connectivity index (χ3v) is 6.67. The Morgan fingerprint density at radius 3 is 2.66 bits per heavy atom. The molecule has 4 aromatic rings. The summed E-state index contributed by atoms with van der Waals surface area (Å²) >= 11 is 0. The first-order valence-corrected chi connectivity index (χ1v) is 11.7. The molecule has 4 heterocycles. The second kappa shape index (κ2) is 8.66. The van der Waals surface area contributed by atoms with Gasteiger partial charge in [-0.2, -0.15) is 0 Å². The SMILES string of the molecule is CCn1c(N2CCC[C@@H](N)C2)c(C(N)=O)c2c1c(=O)n(Cc1ncc3ccccc3n1)c(=O)n2C. The lowest BCUT2D eigenvalue weighted by Crippen LogP contribution is -2.44. The van der Waals surface area contributed by atoms with Crippen LogP contribution in [-0.2, 0) is 20.1 Å². The summed E-state index contributed by atoms with van der Waals surface area (Å²) in [5.74, 6) is 0.188. The maximum absolute atomic E-state index is 13.8.